The van der Waals surface area contributed by atoms with Gasteiger partial charge in [-0.15, -0.1) is 10.2 Å². The first kappa shape index (κ1) is 12.6. The number of halogens is 1. The van der Waals surface area contributed by atoms with E-state index in [1.807, 2.05) is 28.8 Å². The maximum atomic E-state index is 12.0. The molecule has 100 valence electrons. The van der Waals surface area contributed by atoms with Gasteiger partial charge in [0.1, 0.15) is 0 Å². The average Bonchev–Trinajstić information content (AvgIpc) is 2.89. The van der Waals surface area contributed by atoms with Gasteiger partial charge in [0.2, 0.25) is 0 Å². The Balaban J connectivity index is 1.73. The van der Waals surface area contributed by atoms with Gasteiger partial charge in [0.05, 0.1) is 6.54 Å². The molecule has 0 radical (unpaired) electrons. The van der Waals surface area contributed by atoms with Crippen LogP contribution in [0, 0.1) is 0 Å². The Hall–Kier alpha value is -2.40. The summed E-state index contributed by atoms with van der Waals surface area (Å²) in [5.41, 5.74) is 1.31. The number of carbonyl (C=O) groups is 1. The average molecular weight is 287 g/mol. The van der Waals surface area contributed by atoms with E-state index < -0.39 is 0 Å². The lowest BCUT2D eigenvalue weighted by Crippen LogP contribution is -2.23. The number of hydrogen-bond donors (Lipinski definition) is 1. The topological polar surface area (TPSA) is 59.3 Å². The Morgan fingerprint density at radius 1 is 1.15 bits per heavy atom. The number of aromatic nitrogens is 3. The third kappa shape index (κ3) is 2.48. The fourth-order valence-corrected chi connectivity index (χ4v) is 2.00. The number of nitrogens with one attached hydrogen (secondary N) is 1. The Labute approximate surface area is 120 Å². The van der Waals surface area contributed by atoms with E-state index in [1.54, 1.807) is 24.3 Å². The molecule has 0 aliphatic heterocycles. The highest BCUT2D eigenvalue weighted by Crippen LogP contribution is 2.09. The summed E-state index contributed by atoms with van der Waals surface area (Å²) in [4.78, 5) is 12.0. The zero-order valence-electron chi connectivity index (χ0n) is 10.5. The van der Waals surface area contributed by atoms with E-state index in [9.17, 15) is 4.79 Å². The molecule has 0 atom stereocenters. The van der Waals surface area contributed by atoms with Crippen LogP contribution < -0.4 is 5.32 Å². The zero-order chi connectivity index (χ0) is 13.9. The van der Waals surface area contributed by atoms with Gasteiger partial charge in [0.15, 0.2) is 11.5 Å². The fraction of sp³-hybridized carbons (Fsp3) is 0.0714. The van der Waals surface area contributed by atoms with Gasteiger partial charge in [-0.2, -0.15) is 0 Å². The third-order valence-electron chi connectivity index (χ3n) is 2.90. The molecule has 2 aromatic heterocycles. The van der Waals surface area contributed by atoms with Gasteiger partial charge in [0.25, 0.3) is 5.91 Å². The lowest BCUT2D eigenvalue weighted by Gasteiger charge is -2.04. The normalized spacial score (nSPS) is 10.7. The third-order valence-corrected chi connectivity index (χ3v) is 3.15. The predicted octanol–water partition coefficient (Wildman–Crippen LogP) is 2.31. The number of fused-ring (bicyclic) bond motifs is 1. The molecular formula is C14H11ClN4O. The Bertz CT molecular complexity index is 751. The van der Waals surface area contributed by atoms with Crippen LogP contribution in [0.15, 0.2) is 48.7 Å². The van der Waals surface area contributed by atoms with E-state index in [4.69, 9.17) is 11.6 Å². The van der Waals surface area contributed by atoms with Crippen LogP contribution >= 0.6 is 11.6 Å². The number of pyridine rings is 1. The first-order chi connectivity index (χ1) is 9.74. The number of carbonyl (C=O) groups excluding carboxylic acids is 1. The molecule has 1 aromatic carbocycles. The molecule has 0 unspecified atom stereocenters. The minimum atomic E-state index is -0.172. The molecule has 0 bridgehead atoms. The summed E-state index contributed by atoms with van der Waals surface area (Å²) in [7, 11) is 0. The molecule has 0 spiro atoms. The quantitative estimate of drug-likeness (QED) is 0.804. The number of rotatable bonds is 3. The molecule has 2 heterocycles. The minimum Gasteiger partial charge on any atom is -0.345 e. The zero-order valence-corrected chi connectivity index (χ0v) is 11.2. The van der Waals surface area contributed by atoms with Crippen LogP contribution in [0.4, 0.5) is 0 Å². The SMILES string of the molecule is O=C(NCc1nnc2ccccn12)c1ccc(Cl)cc1. The molecule has 0 saturated carbocycles. The highest BCUT2D eigenvalue weighted by molar-refractivity contribution is 6.30. The Morgan fingerprint density at radius 2 is 1.95 bits per heavy atom. The van der Waals surface area contributed by atoms with E-state index in [0.29, 0.717) is 23.0 Å². The smallest absolute Gasteiger partial charge is 0.251 e. The molecule has 1 amide bonds. The van der Waals surface area contributed by atoms with Crippen LogP contribution in [0.3, 0.4) is 0 Å². The number of hydrogen-bond acceptors (Lipinski definition) is 3. The Morgan fingerprint density at radius 3 is 2.75 bits per heavy atom. The van der Waals surface area contributed by atoms with Crippen LogP contribution in [0.5, 0.6) is 0 Å². The van der Waals surface area contributed by atoms with Gasteiger partial charge in [-0.25, -0.2) is 0 Å². The second kappa shape index (κ2) is 5.30. The van der Waals surface area contributed by atoms with E-state index in [2.05, 4.69) is 15.5 Å². The highest BCUT2D eigenvalue weighted by atomic mass is 35.5. The van der Waals surface area contributed by atoms with Crippen LogP contribution in [0.1, 0.15) is 16.2 Å². The molecule has 5 nitrogen and oxygen atoms in total. The summed E-state index contributed by atoms with van der Waals surface area (Å²) in [6, 6.07) is 12.4. The minimum absolute atomic E-state index is 0.172. The molecule has 6 heteroatoms. The predicted molar refractivity (Wildman–Crippen MR) is 75.6 cm³/mol. The maximum Gasteiger partial charge on any atom is 0.251 e. The van der Waals surface area contributed by atoms with Crippen LogP contribution in [0.2, 0.25) is 5.02 Å². The van der Waals surface area contributed by atoms with Crippen molar-refractivity contribution in [3.05, 3.63) is 65.1 Å². The second-order valence-electron chi connectivity index (χ2n) is 4.23. The lowest BCUT2D eigenvalue weighted by atomic mass is 10.2. The summed E-state index contributed by atoms with van der Waals surface area (Å²) in [6.07, 6.45) is 1.86. The van der Waals surface area contributed by atoms with E-state index in [-0.39, 0.29) is 5.91 Å². The molecule has 3 aromatic rings. The summed E-state index contributed by atoms with van der Waals surface area (Å²) >= 11 is 5.79. The monoisotopic (exact) mass is 286 g/mol. The van der Waals surface area contributed by atoms with Crippen molar-refractivity contribution in [1.29, 1.82) is 0 Å². The van der Waals surface area contributed by atoms with Crippen LogP contribution in [0.25, 0.3) is 5.65 Å². The lowest BCUT2D eigenvalue weighted by molar-refractivity contribution is 0.0950. The number of benzene rings is 1. The summed E-state index contributed by atoms with van der Waals surface area (Å²) in [5.74, 6) is 0.511. The second-order valence-corrected chi connectivity index (χ2v) is 4.67. The van der Waals surface area contributed by atoms with Crippen molar-refractivity contribution in [2.45, 2.75) is 6.54 Å². The van der Waals surface area contributed by atoms with Gasteiger partial charge in [0, 0.05) is 16.8 Å². The molecule has 20 heavy (non-hydrogen) atoms. The largest absolute Gasteiger partial charge is 0.345 e. The van der Waals surface area contributed by atoms with Crippen molar-refractivity contribution in [1.82, 2.24) is 19.9 Å². The first-order valence-corrected chi connectivity index (χ1v) is 6.44. The van der Waals surface area contributed by atoms with Crippen molar-refractivity contribution < 1.29 is 4.79 Å². The van der Waals surface area contributed by atoms with Crippen molar-refractivity contribution >= 4 is 23.2 Å². The Kier molecular flexibility index (Phi) is 3.35. The van der Waals surface area contributed by atoms with E-state index >= 15 is 0 Å². The number of amides is 1. The molecular weight excluding hydrogens is 276 g/mol. The molecule has 0 fully saturated rings. The van der Waals surface area contributed by atoms with Gasteiger partial charge < -0.3 is 5.32 Å². The van der Waals surface area contributed by atoms with Crippen LogP contribution in [-0.4, -0.2) is 20.5 Å². The standard InChI is InChI=1S/C14H11ClN4O/c15-11-6-4-10(5-7-11)14(20)16-9-13-18-17-12-3-1-2-8-19(12)13/h1-8H,9H2,(H,16,20). The van der Waals surface area contributed by atoms with Gasteiger partial charge in [-0.05, 0) is 36.4 Å². The molecule has 0 saturated heterocycles. The van der Waals surface area contributed by atoms with Crippen LogP contribution in [-0.2, 0) is 6.54 Å². The molecule has 3 rings (SSSR count). The van der Waals surface area contributed by atoms with Gasteiger partial charge in [-0.3, -0.25) is 9.20 Å². The highest BCUT2D eigenvalue weighted by Gasteiger charge is 2.08. The molecule has 0 aliphatic rings. The number of nitrogens with zero attached hydrogens (tertiary/aromatic N) is 3. The van der Waals surface area contributed by atoms with E-state index in [1.165, 1.54) is 0 Å². The molecule has 1 N–H and O–H groups in total. The summed E-state index contributed by atoms with van der Waals surface area (Å²) in [6.45, 7) is 0.312. The van der Waals surface area contributed by atoms with Crippen molar-refractivity contribution in [3.8, 4) is 0 Å². The summed E-state index contributed by atoms with van der Waals surface area (Å²) < 4.78 is 1.84. The van der Waals surface area contributed by atoms with Gasteiger partial charge >= 0.3 is 0 Å². The summed E-state index contributed by atoms with van der Waals surface area (Å²) in [5, 5.41) is 11.5. The van der Waals surface area contributed by atoms with Crippen molar-refractivity contribution in [2.24, 2.45) is 0 Å². The van der Waals surface area contributed by atoms with Gasteiger partial charge in [-0.1, -0.05) is 17.7 Å². The maximum absolute atomic E-state index is 12.0. The van der Waals surface area contributed by atoms with E-state index in [0.717, 1.165) is 5.65 Å². The fourth-order valence-electron chi connectivity index (χ4n) is 1.87. The molecule has 0 aliphatic carbocycles. The van der Waals surface area contributed by atoms with Crippen molar-refractivity contribution in [3.63, 3.8) is 0 Å². The van der Waals surface area contributed by atoms with Crippen molar-refractivity contribution in [2.75, 3.05) is 0 Å². The first-order valence-electron chi connectivity index (χ1n) is 6.06.